The van der Waals surface area contributed by atoms with E-state index < -0.39 is 5.60 Å². The molecule has 1 amide bonds. The Labute approximate surface area is 183 Å². The molecule has 9 nitrogen and oxygen atoms in total. The zero-order valence-corrected chi connectivity index (χ0v) is 19.1. The van der Waals surface area contributed by atoms with E-state index in [2.05, 4.69) is 31.4 Å². The number of aryl methyl sites for hydroxylation is 1. The molecule has 1 fully saturated rings. The van der Waals surface area contributed by atoms with Crippen LogP contribution in [0.25, 0.3) is 16.8 Å². The predicted octanol–water partition coefficient (Wildman–Crippen LogP) is 3.64. The Hall–Kier alpha value is -2.62. The van der Waals surface area contributed by atoms with Crippen LogP contribution in [-0.4, -0.2) is 42.1 Å². The minimum atomic E-state index is -0.517. The molecule has 1 aliphatic rings. The number of ether oxygens (including phenoxy) is 1. The predicted molar refractivity (Wildman–Crippen MR) is 117 cm³/mol. The van der Waals surface area contributed by atoms with Gasteiger partial charge < -0.3 is 15.8 Å². The summed E-state index contributed by atoms with van der Waals surface area (Å²) in [6.07, 6.45) is 7.62. The van der Waals surface area contributed by atoms with Crippen molar-refractivity contribution in [2.45, 2.75) is 57.6 Å². The highest BCUT2D eigenvalue weighted by Crippen LogP contribution is 2.40. The van der Waals surface area contributed by atoms with Crippen LogP contribution in [0.15, 0.2) is 23.1 Å². The second-order valence-corrected chi connectivity index (χ2v) is 9.54. The highest BCUT2D eigenvalue weighted by molar-refractivity contribution is 9.10. The van der Waals surface area contributed by atoms with Gasteiger partial charge in [-0.3, -0.25) is 4.68 Å². The Morgan fingerprint density at radius 2 is 2.07 bits per heavy atom. The number of fused-ring (bicyclic) bond motifs is 1. The number of hydrogen-bond acceptors (Lipinski definition) is 6. The van der Waals surface area contributed by atoms with Gasteiger partial charge in [-0.1, -0.05) is 0 Å². The van der Waals surface area contributed by atoms with Gasteiger partial charge in [-0.25, -0.2) is 9.78 Å². The van der Waals surface area contributed by atoms with E-state index in [1.165, 1.54) is 0 Å². The molecule has 4 rings (SSSR count). The van der Waals surface area contributed by atoms with Crippen molar-refractivity contribution in [3.63, 3.8) is 0 Å². The second kappa shape index (κ2) is 7.57. The van der Waals surface area contributed by atoms with Crippen LogP contribution in [0.2, 0.25) is 0 Å². The van der Waals surface area contributed by atoms with Crippen molar-refractivity contribution < 1.29 is 9.53 Å². The van der Waals surface area contributed by atoms with E-state index in [4.69, 9.17) is 15.5 Å². The number of carbonyl (C=O) groups is 1. The average molecular weight is 476 g/mol. The van der Waals surface area contributed by atoms with Crippen molar-refractivity contribution in [1.29, 1.82) is 0 Å². The summed E-state index contributed by atoms with van der Waals surface area (Å²) in [5.41, 5.74) is 9.25. The lowest BCUT2D eigenvalue weighted by atomic mass is 10.0. The number of carbonyl (C=O) groups excluding carboxylic acids is 1. The summed E-state index contributed by atoms with van der Waals surface area (Å²) in [7, 11) is 1.87. The Morgan fingerprint density at radius 1 is 1.30 bits per heavy atom. The highest BCUT2D eigenvalue weighted by atomic mass is 79.9. The molecule has 3 heterocycles. The summed E-state index contributed by atoms with van der Waals surface area (Å²) in [6, 6.07) is 0.0405. The van der Waals surface area contributed by atoms with Gasteiger partial charge in [0, 0.05) is 36.3 Å². The molecule has 1 aliphatic carbocycles. The van der Waals surface area contributed by atoms with Gasteiger partial charge in [0.1, 0.15) is 11.4 Å². The van der Waals surface area contributed by atoms with Gasteiger partial charge in [0.2, 0.25) is 0 Å². The van der Waals surface area contributed by atoms with Gasteiger partial charge in [-0.05, 0) is 56.0 Å². The molecule has 0 unspecified atom stereocenters. The fourth-order valence-corrected chi connectivity index (χ4v) is 4.46. The Kier molecular flexibility index (Phi) is 5.21. The van der Waals surface area contributed by atoms with E-state index in [0.717, 1.165) is 40.6 Å². The van der Waals surface area contributed by atoms with Gasteiger partial charge in [0.15, 0.2) is 5.65 Å². The summed E-state index contributed by atoms with van der Waals surface area (Å²) < 4.78 is 9.51. The van der Waals surface area contributed by atoms with Gasteiger partial charge in [0.25, 0.3) is 0 Å². The molecule has 160 valence electrons. The number of rotatable bonds is 3. The van der Waals surface area contributed by atoms with Crippen molar-refractivity contribution in [2.75, 3.05) is 5.73 Å². The maximum atomic E-state index is 12.1. The third-order valence-electron chi connectivity index (χ3n) is 5.20. The lowest BCUT2D eigenvalue weighted by Crippen LogP contribution is -2.37. The molecule has 1 saturated carbocycles. The molecule has 0 saturated heterocycles. The van der Waals surface area contributed by atoms with E-state index in [0.29, 0.717) is 11.5 Å². The molecule has 0 spiro atoms. The summed E-state index contributed by atoms with van der Waals surface area (Å²) in [6.45, 7) is 5.57. The van der Waals surface area contributed by atoms with Crippen LogP contribution < -0.4 is 11.1 Å². The number of nitrogen functional groups attached to an aromatic ring is 1. The number of nitrogens with zero attached hydrogens (tertiary/aromatic N) is 5. The molecular formula is C20H26BrN7O2. The maximum absolute atomic E-state index is 12.1. The number of alkyl carbamates (subject to hydrolysis) is 1. The average Bonchev–Trinajstić information content (AvgIpc) is 3.35. The second-order valence-electron chi connectivity index (χ2n) is 8.75. The van der Waals surface area contributed by atoms with E-state index >= 15 is 0 Å². The maximum Gasteiger partial charge on any atom is 0.407 e. The fraction of sp³-hybridized carbons (Fsp3) is 0.500. The first-order chi connectivity index (χ1) is 14.1. The minimum Gasteiger partial charge on any atom is -0.444 e. The van der Waals surface area contributed by atoms with Crippen LogP contribution in [0, 0.1) is 0 Å². The zero-order chi connectivity index (χ0) is 21.6. The lowest BCUT2D eigenvalue weighted by Gasteiger charge is -2.22. The van der Waals surface area contributed by atoms with E-state index in [1.807, 2.05) is 34.0 Å². The zero-order valence-electron chi connectivity index (χ0n) is 17.5. The van der Waals surface area contributed by atoms with E-state index in [-0.39, 0.29) is 18.1 Å². The minimum absolute atomic E-state index is 0.0405. The summed E-state index contributed by atoms with van der Waals surface area (Å²) in [4.78, 5) is 17.1. The number of anilines is 1. The molecule has 0 radical (unpaired) electrons. The van der Waals surface area contributed by atoms with Gasteiger partial charge in [-0.15, -0.1) is 0 Å². The number of amides is 1. The SMILES string of the molecule is Cn1cc(-c2cnn3c(N)c(Br)c([C@@H]4CC[C@H](NC(=O)OC(C)(C)C)C4)nc23)cn1. The van der Waals surface area contributed by atoms with Crippen molar-refractivity contribution in [1.82, 2.24) is 29.7 Å². The number of halogens is 1. The molecule has 0 aliphatic heterocycles. The molecule has 3 aromatic heterocycles. The molecule has 10 heteroatoms. The van der Waals surface area contributed by atoms with Crippen molar-refractivity contribution in [3.8, 4) is 11.1 Å². The van der Waals surface area contributed by atoms with E-state index in [1.54, 1.807) is 21.6 Å². The Balaban J connectivity index is 1.60. The largest absolute Gasteiger partial charge is 0.444 e. The molecule has 3 N–H and O–H groups in total. The van der Waals surface area contributed by atoms with Crippen LogP contribution in [0.4, 0.5) is 10.6 Å². The smallest absolute Gasteiger partial charge is 0.407 e. The van der Waals surface area contributed by atoms with Crippen LogP contribution in [0.1, 0.15) is 51.6 Å². The third kappa shape index (κ3) is 4.00. The topological polar surface area (TPSA) is 112 Å². The number of nitrogens with two attached hydrogens (primary N) is 1. The summed E-state index contributed by atoms with van der Waals surface area (Å²) >= 11 is 3.61. The number of aromatic nitrogens is 5. The quantitative estimate of drug-likeness (QED) is 0.597. The Morgan fingerprint density at radius 3 is 2.73 bits per heavy atom. The third-order valence-corrected chi connectivity index (χ3v) is 6.02. The standard InChI is InChI=1S/C20H26BrN7O2/c1-20(2,3)30-19(29)25-13-6-5-11(7-13)16-15(21)17(22)28-18(26-16)14(9-24-28)12-8-23-27(4)10-12/h8-11,13H,5-7,22H2,1-4H3,(H,25,29)/t11-,13+/m1/s1. The summed E-state index contributed by atoms with van der Waals surface area (Å²) in [5.74, 6) is 0.678. The van der Waals surface area contributed by atoms with Gasteiger partial charge in [-0.2, -0.15) is 14.7 Å². The molecule has 0 bridgehead atoms. The van der Waals surface area contributed by atoms with Gasteiger partial charge >= 0.3 is 6.09 Å². The van der Waals surface area contributed by atoms with Crippen LogP contribution in [0.3, 0.4) is 0 Å². The van der Waals surface area contributed by atoms with Crippen LogP contribution >= 0.6 is 15.9 Å². The molecule has 3 aromatic rings. The first-order valence-corrected chi connectivity index (χ1v) is 10.7. The first kappa shape index (κ1) is 20.6. The highest BCUT2D eigenvalue weighted by Gasteiger charge is 2.32. The van der Waals surface area contributed by atoms with Crippen LogP contribution in [-0.2, 0) is 11.8 Å². The molecule has 30 heavy (non-hydrogen) atoms. The first-order valence-electron chi connectivity index (χ1n) is 9.93. The number of hydrogen-bond donors (Lipinski definition) is 2. The van der Waals surface area contributed by atoms with Crippen molar-refractivity contribution in [2.24, 2.45) is 7.05 Å². The molecule has 2 atom stereocenters. The lowest BCUT2D eigenvalue weighted by molar-refractivity contribution is 0.0505. The van der Waals surface area contributed by atoms with Crippen LogP contribution in [0.5, 0.6) is 0 Å². The monoisotopic (exact) mass is 475 g/mol. The van der Waals surface area contributed by atoms with Crippen molar-refractivity contribution in [3.05, 3.63) is 28.8 Å². The molecule has 0 aromatic carbocycles. The fourth-order valence-electron chi connectivity index (χ4n) is 3.88. The Bertz CT molecular complexity index is 1100. The van der Waals surface area contributed by atoms with Gasteiger partial charge in [0.05, 0.1) is 22.6 Å². The number of nitrogens with one attached hydrogen (secondary N) is 1. The summed E-state index contributed by atoms with van der Waals surface area (Å²) in [5, 5.41) is 11.6. The normalized spacial score (nSPS) is 19.4. The molecular weight excluding hydrogens is 450 g/mol. The van der Waals surface area contributed by atoms with E-state index in [9.17, 15) is 4.79 Å². The van der Waals surface area contributed by atoms with Crippen molar-refractivity contribution >= 4 is 33.5 Å².